The number of aromatic amines is 1. The quantitative estimate of drug-likeness (QED) is 0.681. The van der Waals surface area contributed by atoms with Gasteiger partial charge in [0.1, 0.15) is 12.0 Å². The third-order valence-corrected chi connectivity index (χ3v) is 6.50. The molecule has 1 amide bonds. The number of carbonyl (C=O) groups excluding carboxylic acids is 2. The van der Waals surface area contributed by atoms with Gasteiger partial charge in [-0.25, -0.2) is 4.98 Å². The number of nitrogens with zero attached hydrogens (tertiary/aromatic N) is 6. The van der Waals surface area contributed by atoms with Crippen molar-refractivity contribution in [1.82, 2.24) is 29.5 Å². The first kappa shape index (κ1) is 19.7. The van der Waals surface area contributed by atoms with Crippen molar-refractivity contribution in [3.63, 3.8) is 0 Å². The number of rotatable bonds is 2. The molecule has 0 aromatic carbocycles. The molecule has 4 heterocycles. The fraction of sp³-hybridized carbons (Fsp3) is 0.500. The summed E-state index contributed by atoms with van der Waals surface area (Å²) in [5.74, 6) is 0.862. The van der Waals surface area contributed by atoms with E-state index in [9.17, 15) is 9.59 Å². The van der Waals surface area contributed by atoms with Gasteiger partial charge in [-0.05, 0) is 31.2 Å². The van der Waals surface area contributed by atoms with E-state index in [1.807, 2.05) is 22.4 Å². The first-order valence-electron chi connectivity index (χ1n) is 10.7. The predicted octanol–water partition coefficient (Wildman–Crippen LogP) is 2.27. The highest BCUT2D eigenvalue weighted by atomic mass is 16.2. The summed E-state index contributed by atoms with van der Waals surface area (Å²) in [6.45, 7) is 9.94. The third-order valence-electron chi connectivity index (χ3n) is 6.50. The summed E-state index contributed by atoms with van der Waals surface area (Å²) >= 11 is 0. The molecule has 1 aliphatic heterocycles. The van der Waals surface area contributed by atoms with Crippen molar-refractivity contribution in [3.8, 4) is 0 Å². The smallest absolute Gasteiger partial charge is 0.270 e. The van der Waals surface area contributed by atoms with Crippen molar-refractivity contribution < 1.29 is 9.59 Å². The lowest BCUT2D eigenvalue weighted by molar-refractivity contribution is 0.0719. The predicted molar refractivity (Wildman–Crippen MR) is 115 cm³/mol. The van der Waals surface area contributed by atoms with Gasteiger partial charge in [-0.15, -0.1) is 10.2 Å². The highest BCUT2D eigenvalue weighted by Crippen LogP contribution is 2.37. The van der Waals surface area contributed by atoms with Crippen LogP contribution in [0.1, 0.15) is 59.3 Å². The van der Waals surface area contributed by atoms with E-state index in [1.165, 1.54) is 0 Å². The van der Waals surface area contributed by atoms with E-state index in [0.717, 1.165) is 29.1 Å². The number of carbonyl (C=O) groups is 2. The number of nitrogens with one attached hydrogen (secondary N) is 1. The van der Waals surface area contributed by atoms with E-state index in [2.05, 4.69) is 45.8 Å². The van der Waals surface area contributed by atoms with Crippen LogP contribution < -0.4 is 4.90 Å². The lowest BCUT2D eigenvalue weighted by Gasteiger charge is -2.40. The second kappa shape index (κ2) is 6.90. The number of aromatic nitrogens is 5. The topological polar surface area (TPSA) is 99.5 Å². The minimum atomic E-state index is -0.0858. The largest absolute Gasteiger partial charge is 0.354 e. The van der Waals surface area contributed by atoms with Crippen LogP contribution in [-0.4, -0.2) is 66.8 Å². The number of piperazine rings is 1. The molecular formula is C22H27N7O2. The average molecular weight is 422 g/mol. The molecule has 2 aliphatic rings. The summed E-state index contributed by atoms with van der Waals surface area (Å²) in [6, 6.07) is 0.0681. The Morgan fingerprint density at radius 1 is 1.26 bits per heavy atom. The molecule has 9 heteroatoms. The van der Waals surface area contributed by atoms with Gasteiger partial charge in [-0.1, -0.05) is 13.8 Å². The van der Waals surface area contributed by atoms with Crippen molar-refractivity contribution in [3.05, 3.63) is 41.2 Å². The lowest BCUT2D eigenvalue weighted by atomic mass is 9.75. The van der Waals surface area contributed by atoms with Crippen molar-refractivity contribution in [2.24, 2.45) is 5.41 Å². The average Bonchev–Trinajstić information content (AvgIpc) is 3.31. The maximum absolute atomic E-state index is 13.4. The number of hydrogen-bond donors (Lipinski definition) is 1. The molecule has 0 saturated carbocycles. The van der Waals surface area contributed by atoms with Crippen LogP contribution in [0, 0.1) is 12.3 Å². The number of ketones is 1. The van der Waals surface area contributed by atoms with Gasteiger partial charge < -0.3 is 14.8 Å². The minimum absolute atomic E-state index is 0.0438. The molecular weight excluding hydrogens is 394 g/mol. The first-order chi connectivity index (χ1) is 14.7. The number of anilines is 1. The fourth-order valence-corrected chi connectivity index (χ4v) is 5.01. The molecule has 1 fully saturated rings. The maximum Gasteiger partial charge on any atom is 0.270 e. The van der Waals surface area contributed by atoms with Crippen LogP contribution in [0.2, 0.25) is 0 Å². The van der Waals surface area contributed by atoms with Crippen LogP contribution in [0.15, 0.2) is 18.7 Å². The number of fused-ring (bicyclic) bond motifs is 2. The standard InChI is InChI=1S/C22H27N7O2/c1-13-11-27(7-8-29(13)19-20-26-24-12-28(20)6-5-23-19)21(31)18-14(2)17-15(25-18)9-22(3,4)10-16(17)30/h5-6,12-13,25H,7-11H2,1-4H3. The molecule has 0 bridgehead atoms. The number of H-pyrrole nitrogens is 1. The molecule has 1 unspecified atom stereocenters. The second-order valence-corrected chi connectivity index (χ2v) is 9.53. The zero-order valence-electron chi connectivity index (χ0n) is 18.3. The second-order valence-electron chi connectivity index (χ2n) is 9.53. The number of amides is 1. The van der Waals surface area contributed by atoms with Gasteiger partial charge in [0.25, 0.3) is 5.91 Å². The molecule has 3 aromatic rings. The van der Waals surface area contributed by atoms with Crippen molar-refractivity contribution in [2.75, 3.05) is 24.5 Å². The Balaban J connectivity index is 1.38. The van der Waals surface area contributed by atoms with Crippen LogP contribution >= 0.6 is 0 Å². The van der Waals surface area contributed by atoms with E-state index < -0.39 is 0 Å². The van der Waals surface area contributed by atoms with Crippen LogP contribution in [0.25, 0.3) is 5.65 Å². The fourth-order valence-electron chi connectivity index (χ4n) is 5.01. The molecule has 1 N–H and O–H groups in total. The number of Topliss-reactive ketones (excluding diaryl/α,β-unsaturated/α-hetero) is 1. The van der Waals surface area contributed by atoms with E-state index in [0.29, 0.717) is 37.4 Å². The van der Waals surface area contributed by atoms with Gasteiger partial charge in [-0.2, -0.15) is 0 Å². The zero-order chi connectivity index (χ0) is 21.9. The summed E-state index contributed by atoms with van der Waals surface area (Å²) in [6.07, 6.45) is 6.51. The molecule has 31 heavy (non-hydrogen) atoms. The summed E-state index contributed by atoms with van der Waals surface area (Å²) in [5.41, 5.74) is 3.58. The van der Waals surface area contributed by atoms with Gasteiger partial charge in [0, 0.05) is 55.7 Å². The third kappa shape index (κ3) is 3.19. The molecule has 5 rings (SSSR count). The Hall–Kier alpha value is -3.23. The van der Waals surface area contributed by atoms with E-state index in [1.54, 1.807) is 12.5 Å². The maximum atomic E-state index is 13.4. The lowest BCUT2D eigenvalue weighted by Crippen LogP contribution is -2.54. The van der Waals surface area contributed by atoms with Crippen LogP contribution in [0.3, 0.4) is 0 Å². The Morgan fingerprint density at radius 2 is 2.06 bits per heavy atom. The highest BCUT2D eigenvalue weighted by molar-refractivity contribution is 6.04. The van der Waals surface area contributed by atoms with E-state index in [4.69, 9.17) is 0 Å². The van der Waals surface area contributed by atoms with Gasteiger partial charge >= 0.3 is 0 Å². The van der Waals surface area contributed by atoms with Crippen molar-refractivity contribution >= 4 is 23.2 Å². The molecule has 0 radical (unpaired) electrons. The van der Waals surface area contributed by atoms with E-state index >= 15 is 0 Å². The Morgan fingerprint density at radius 3 is 2.84 bits per heavy atom. The highest BCUT2D eigenvalue weighted by Gasteiger charge is 2.37. The van der Waals surface area contributed by atoms with Crippen LogP contribution in [-0.2, 0) is 6.42 Å². The SMILES string of the molecule is Cc1c(C(=O)N2CCN(c3nccn4cnnc34)C(C)C2)[nH]c2c1C(=O)CC(C)(C)C2. The monoisotopic (exact) mass is 421 g/mol. The van der Waals surface area contributed by atoms with Crippen molar-refractivity contribution in [1.29, 1.82) is 0 Å². The molecule has 1 atom stereocenters. The Bertz CT molecular complexity index is 1190. The van der Waals surface area contributed by atoms with Gasteiger partial charge in [0.05, 0.1) is 0 Å². The van der Waals surface area contributed by atoms with Gasteiger partial charge in [-0.3, -0.25) is 14.0 Å². The van der Waals surface area contributed by atoms with Crippen LogP contribution in [0.5, 0.6) is 0 Å². The zero-order valence-corrected chi connectivity index (χ0v) is 18.3. The summed E-state index contributed by atoms with van der Waals surface area (Å²) < 4.78 is 1.85. The first-order valence-corrected chi connectivity index (χ1v) is 10.7. The normalized spacial score (nSPS) is 20.9. The summed E-state index contributed by atoms with van der Waals surface area (Å²) in [7, 11) is 0. The molecule has 0 spiro atoms. The molecule has 1 aliphatic carbocycles. The van der Waals surface area contributed by atoms with Gasteiger partial charge in [0.2, 0.25) is 5.65 Å². The number of hydrogen-bond acceptors (Lipinski definition) is 6. The summed E-state index contributed by atoms with van der Waals surface area (Å²) in [5, 5.41) is 8.16. The molecule has 3 aromatic heterocycles. The summed E-state index contributed by atoms with van der Waals surface area (Å²) in [4.78, 5) is 37.9. The molecule has 1 saturated heterocycles. The minimum Gasteiger partial charge on any atom is -0.354 e. The molecule has 9 nitrogen and oxygen atoms in total. The Kier molecular flexibility index (Phi) is 4.39. The molecule has 162 valence electrons. The van der Waals surface area contributed by atoms with Gasteiger partial charge in [0.15, 0.2) is 11.6 Å². The van der Waals surface area contributed by atoms with Crippen LogP contribution in [0.4, 0.5) is 5.82 Å². The Labute approximate surface area is 180 Å². The van der Waals surface area contributed by atoms with E-state index in [-0.39, 0.29) is 23.1 Å². The van der Waals surface area contributed by atoms with Crippen molar-refractivity contribution in [2.45, 2.75) is 46.6 Å².